The average Bonchev–Trinajstić information content (AvgIpc) is 2.94. The van der Waals surface area contributed by atoms with Gasteiger partial charge in [-0.15, -0.1) is 0 Å². The summed E-state index contributed by atoms with van der Waals surface area (Å²) in [4.78, 5) is 24.7. The third-order valence-electron chi connectivity index (χ3n) is 7.72. The number of hydrogen-bond acceptors (Lipinski definition) is 5. The number of methoxy groups -OCH3 is 2. The topological polar surface area (TPSA) is 61.8 Å². The van der Waals surface area contributed by atoms with Gasteiger partial charge in [-0.1, -0.05) is 33.3 Å². The molecule has 0 aromatic carbocycles. The second-order valence-electron chi connectivity index (χ2n) is 9.79. The van der Waals surface area contributed by atoms with Crippen molar-refractivity contribution in [2.75, 3.05) is 14.2 Å². The van der Waals surface area contributed by atoms with Crippen LogP contribution < -0.4 is 0 Å². The number of carbonyl (C=O) groups is 2. The number of fused-ring (bicyclic) bond motifs is 2. The van der Waals surface area contributed by atoms with Crippen molar-refractivity contribution in [1.29, 1.82) is 0 Å². The number of ether oxygens (including phenoxy) is 3. The Balaban J connectivity index is 2.08. The summed E-state index contributed by atoms with van der Waals surface area (Å²) in [6.45, 7) is 8.93. The molecule has 0 unspecified atom stereocenters. The maximum atomic E-state index is 12.7. The lowest BCUT2D eigenvalue weighted by Gasteiger charge is -2.61. The fourth-order valence-electron chi connectivity index (χ4n) is 6.31. The summed E-state index contributed by atoms with van der Waals surface area (Å²) >= 11 is 0. The largest absolute Gasteiger partial charge is 0.469 e. The van der Waals surface area contributed by atoms with E-state index in [0.717, 1.165) is 32.1 Å². The zero-order chi connectivity index (χ0) is 20.1. The fourth-order valence-corrected chi connectivity index (χ4v) is 6.31. The molecule has 0 aromatic heterocycles. The smallest absolute Gasteiger partial charge is 0.336 e. The molecular weight excluding hydrogens is 344 g/mol. The van der Waals surface area contributed by atoms with Crippen LogP contribution in [0.1, 0.15) is 72.6 Å². The van der Waals surface area contributed by atoms with Gasteiger partial charge >= 0.3 is 11.9 Å². The Kier molecular flexibility index (Phi) is 4.99. The van der Waals surface area contributed by atoms with Crippen molar-refractivity contribution in [3.05, 3.63) is 11.6 Å². The SMILES string of the molecule is COC(=O)C[C@@]1(C)CC[C@]2(O1)C(C(=O)OC)=CC[C@@H]1C(C)(C)CCC[C@]12C. The van der Waals surface area contributed by atoms with Crippen LogP contribution in [0.4, 0.5) is 0 Å². The van der Waals surface area contributed by atoms with Gasteiger partial charge in [0.15, 0.2) is 0 Å². The third-order valence-corrected chi connectivity index (χ3v) is 7.72. The van der Waals surface area contributed by atoms with E-state index in [1.165, 1.54) is 20.6 Å². The molecule has 152 valence electrons. The maximum Gasteiger partial charge on any atom is 0.336 e. The molecule has 5 nitrogen and oxygen atoms in total. The lowest BCUT2D eigenvalue weighted by Crippen LogP contribution is -2.61. The van der Waals surface area contributed by atoms with E-state index in [4.69, 9.17) is 14.2 Å². The van der Waals surface area contributed by atoms with Crippen LogP contribution in [0.15, 0.2) is 11.6 Å². The van der Waals surface area contributed by atoms with Gasteiger partial charge < -0.3 is 14.2 Å². The van der Waals surface area contributed by atoms with Crippen molar-refractivity contribution in [1.82, 2.24) is 0 Å². The normalized spacial score (nSPS) is 40.2. The molecule has 1 aliphatic heterocycles. The highest BCUT2D eigenvalue weighted by Crippen LogP contribution is 2.66. The first-order valence-electron chi connectivity index (χ1n) is 10.1. The number of hydrogen-bond donors (Lipinski definition) is 0. The molecule has 0 radical (unpaired) electrons. The minimum absolute atomic E-state index is 0.166. The molecule has 0 amide bonds. The standard InChI is InChI=1S/C22H34O5/c1-19(2)10-7-11-21(4)16(19)9-8-15(18(24)26-6)22(21)13-12-20(3,27-22)14-17(23)25-5/h8,16H,7,9-14H2,1-6H3/t16-,20-,21-,22+/m1/s1. The van der Waals surface area contributed by atoms with Gasteiger partial charge in [-0.2, -0.15) is 0 Å². The number of esters is 2. The Morgan fingerprint density at radius 3 is 2.41 bits per heavy atom. The first-order valence-corrected chi connectivity index (χ1v) is 10.1. The third kappa shape index (κ3) is 3.02. The van der Waals surface area contributed by atoms with Crippen LogP contribution in [-0.4, -0.2) is 37.4 Å². The van der Waals surface area contributed by atoms with Crippen LogP contribution >= 0.6 is 0 Å². The second-order valence-corrected chi connectivity index (χ2v) is 9.79. The molecular formula is C22H34O5. The van der Waals surface area contributed by atoms with Gasteiger partial charge in [-0.25, -0.2) is 4.79 Å². The van der Waals surface area contributed by atoms with Crippen molar-refractivity contribution in [3.63, 3.8) is 0 Å². The summed E-state index contributed by atoms with van der Waals surface area (Å²) in [5.41, 5.74) is -0.671. The van der Waals surface area contributed by atoms with Crippen LogP contribution in [0.3, 0.4) is 0 Å². The zero-order valence-electron chi connectivity index (χ0n) is 17.6. The molecule has 0 bridgehead atoms. The molecule has 0 N–H and O–H groups in total. The van der Waals surface area contributed by atoms with Gasteiger partial charge in [0, 0.05) is 5.41 Å². The van der Waals surface area contributed by atoms with E-state index in [0.29, 0.717) is 11.5 Å². The first-order chi connectivity index (χ1) is 12.5. The molecule has 1 spiro atoms. The Bertz CT molecular complexity index is 666. The fraction of sp³-hybridized carbons (Fsp3) is 0.818. The van der Waals surface area contributed by atoms with E-state index < -0.39 is 11.2 Å². The predicted molar refractivity (Wildman–Crippen MR) is 102 cm³/mol. The molecule has 1 heterocycles. The van der Waals surface area contributed by atoms with E-state index in [2.05, 4.69) is 26.8 Å². The molecule has 2 aliphatic carbocycles. The minimum Gasteiger partial charge on any atom is -0.469 e. The predicted octanol–water partition coefficient (Wildman–Crippen LogP) is 4.19. The van der Waals surface area contributed by atoms with Crippen LogP contribution in [-0.2, 0) is 23.8 Å². The van der Waals surface area contributed by atoms with E-state index in [-0.39, 0.29) is 29.2 Å². The van der Waals surface area contributed by atoms with Crippen molar-refractivity contribution in [3.8, 4) is 0 Å². The number of allylic oxidation sites excluding steroid dienone is 1. The minimum atomic E-state index is -0.705. The molecule has 0 aromatic rings. The molecule has 3 aliphatic rings. The van der Waals surface area contributed by atoms with Crippen molar-refractivity contribution >= 4 is 11.9 Å². The summed E-state index contributed by atoms with van der Waals surface area (Å²) in [5.74, 6) is -0.160. The molecule has 1 saturated carbocycles. The molecule has 5 heteroatoms. The van der Waals surface area contributed by atoms with Crippen LogP contribution in [0, 0.1) is 16.7 Å². The molecule has 3 rings (SSSR count). The van der Waals surface area contributed by atoms with E-state index >= 15 is 0 Å². The zero-order valence-corrected chi connectivity index (χ0v) is 17.6. The van der Waals surface area contributed by atoms with Crippen molar-refractivity contribution in [2.45, 2.75) is 83.8 Å². The Labute approximate surface area is 162 Å². The van der Waals surface area contributed by atoms with Crippen LogP contribution in [0.2, 0.25) is 0 Å². The Morgan fingerprint density at radius 2 is 1.78 bits per heavy atom. The van der Waals surface area contributed by atoms with Crippen molar-refractivity contribution < 1.29 is 23.8 Å². The van der Waals surface area contributed by atoms with E-state index in [9.17, 15) is 9.59 Å². The summed E-state index contributed by atoms with van der Waals surface area (Å²) in [6.07, 6.45) is 7.89. The van der Waals surface area contributed by atoms with Gasteiger partial charge in [0.2, 0.25) is 0 Å². The van der Waals surface area contributed by atoms with Gasteiger partial charge in [0.1, 0.15) is 5.60 Å². The first kappa shape index (κ1) is 20.4. The van der Waals surface area contributed by atoms with E-state index in [1.807, 2.05) is 6.92 Å². The highest BCUT2D eigenvalue weighted by molar-refractivity contribution is 5.91. The highest BCUT2D eigenvalue weighted by Gasteiger charge is 2.66. The molecule has 4 atom stereocenters. The summed E-state index contributed by atoms with van der Waals surface area (Å²) < 4.78 is 16.8. The van der Waals surface area contributed by atoms with Crippen LogP contribution in [0.5, 0.6) is 0 Å². The molecule has 2 fully saturated rings. The number of carbonyl (C=O) groups excluding carboxylic acids is 2. The summed E-state index contributed by atoms with van der Waals surface area (Å²) in [7, 11) is 2.83. The molecule has 27 heavy (non-hydrogen) atoms. The Morgan fingerprint density at radius 1 is 1.07 bits per heavy atom. The number of rotatable bonds is 3. The van der Waals surface area contributed by atoms with Gasteiger partial charge in [0.05, 0.1) is 31.8 Å². The van der Waals surface area contributed by atoms with Crippen LogP contribution in [0.25, 0.3) is 0 Å². The quantitative estimate of drug-likeness (QED) is 0.689. The monoisotopic (exact) mass is 378 g/mol. The summed E-state index contributed by atoms with van der Waals surface area (Å²) in [6, 6.07) is 0. The maximum absolute atomic E-state index is 12.7. The summed E-state index contributed by atoms with van der Waals surface area (Å²) in [5, 5.41) is 0. The van der Waals surface area contributed by atoms with Gasteiger partial charge in [-0.3, -0.25) is 4.79 Å². The highest BCUT2D eigenvalue weighted by atomic mass is 16.6. The average molecular weight is 379 g/mol. The lowest BCUT2D eigenvalue weighted by atomic mass is 9.46. The molecule has 1 saturated heterocycles. The van der Waals surface area contributed by atoms with Crippen molar-refractivity contribution in [2.24, 2.45) is 16.7 Å². The van der Waals surface area contributed by atoms with E-state index in [1.54, 1.807) is 0 Å². The Hall–Kier alpha value is -1.36. The second kappa shape index (κ2) is 6.61. The van der Waals surface area contributed by atoms with Gasteiger partial charge in [-0.05, 0) is 50.4 Å². The lowest BCUT2D eigenvalue weighted by molar-refractivity contribution is -0.197. The van der Waals surface area contributed by atoms with Gasteiger partial charge in [0.25, 0.3) is 0 Å².